The maximum absolute atomic E-state index is 12.7. The van der Waals surface area contributed by atoms with Crippen molar-refractivity contribution >= 4 is 11.7 Å². The van der Waals surface area contributed by atoms with E-state index < -0.39 is 0 Å². The van der Waals surface area contributed by atoms with Gasteiger partial charge in [-0.15, -0.1) is 0 Å². The molecule has 4 rings (SSSR count). The van der Waals surface area contributed by atoms with E-state index in [0.29, 0.717) is 42.7 Å². The lowest BCUT2D eigenvalue weighted by Crippen LogP contribution is -2.66. The normalized spacial score (nSPS) is 42.8. The Balaban J connectivity index is 1.63. The van der Waals surface area contributed by atoms with Crippen molar-refractivity contribution in [1.82, 2.24) is 9.80 Å². The fourth-order valence-corrected chi connectivity index (χ4v) is 4.91. The van der Waals surface area contributed by atoms with E-state index in [1.807, 2.05) is 0 Å². The maximum atomic E-state index is 12.7. The summed E-state index contributed by atoms with van der Waals surface area (Å²) in [4.78, 5) is 28.9. The van der Waals surface area contributed by atoms with Gasteiger partial charge in [0.25, 0.3) is 0 Å². The number of piperidine rings is 4. The van der Waals surface area contributed by atoms with Gasteiger partial charge >= 0.3 is 0 Å². The molecule has 4 nitrogen and oxygen atoms in total. The molecule has 4 fully saturated rings. The van der Waals surface area contributed by atoms with Crippen molar-refractivity contribution in [3.8, 4) is 0 Å². The van der Waals surface area contributed by atoms with Crippen molar-refractivity contribution in [3.05, 3.63) is 0 Å². The maximum Gasteiger partial charge on any atom is 0.227 e. The number of Topliss-reactive ketones (excluding diaryl/α,β-unsaturated/α-hetero) is 1. The van der Waals surface area contributed by atoms with E-state index in [2.05, 4.69) is 9.80 Å². The van der Waals surface area contributed by atoms with Crippen LogP contribution < -0.4 is 0 Å². The summed E-state index contributed by atoms with van der Waals surface area (Å²) in [5, 5.41) is 0. The first-order chi connectivity index (χ1) is 9.24. The molecule has 0 N–H and O–H groups in total. The van der Waals surface area contributed by atoms with Crippen LogP contribution in [-0.4, -0.2) is 53.2 Å². The average Bonchev–Trinajstić information content (AvgIpc) is 2.44. The van der Waals surface area contributed by atoms with Gasteiger partial charge in [-0.05, 0) is 38.0 Å². The fourth-order valence-electron chi connectivity index (χ4n) is 4.91. The minimum absolute atomic E-state index is 0.182. The van der Waals surface area contributed by atoms with Gasteiger partial charge in [0.05, 0.1) is 12.5 Å². The van der Waals surface area contributed by atoms with Crippen LogP contribution in [0.3, 0.4) is 0 Å². The number of nitrogens with zero attached hydrogens (tertiary/aromatic N) is 2. The first-order valence-corrected chi connectivity index (χ1v) is 7.80. The Bertz CT molecular complexity index is 422. The first-order valence-electron chi connectivity index (χ1n) is 7.80. The van der Waals surface area contributed by atoms with E-state index >= 15 is 0 Å². The highest BCUT2D eigenvalue weighted by Crippen LogP contribution is 2.42. The Labute approximate surface area is 114 Å². The van der Waals surface area contributed by atoms with Crippen molar-refractivity contribution in [2.45, 2.75) is 50.6 Å². The van der Waals surface area contributed by atoms with Crippen molar-refractivity contribution < 1.29 is 9.59 Å². The number of carbonyl (C=O) groups is 2. The van der Waals surface area contributed by atoms with Gasteiger partial charge in [-0.1, -0.05) is 0 Å². The van der Waals surface area contributed by atoms with Crippen LogP contribution in [0, 0.1) is 11.8 Å². The Morgan fingerprint density at radius 3 is 2.84 bits per heavy atom. The SMILES string of the molecule is O=C1CCC2C3CC(CN2C1)C1CCCCN1C3=O. The third-order valence-corrected chi connectivity index (χ3v) is 5.75. The van der Waals surface area contributed by atoms with Crippen LogP contribution >= 0.6 is 0 Å². The second-order valence-electron chi connectivity index (χ2n) is 6.77. The second kappa shape index (κ2) is 4.30. The monoisotopic (exact) mass is 262 g/mol. The summed E-state index contributed by atoms with van der Waals surface area (Å²) in [7, 11) is 0. The highest BCUT2D eigenvalue weighted by atomic mass is 16.2. The third-order valence-electron chi connectivity index (χ3n) is 5.75. The van der Waals surface area contributed by atoms with Crippen LogP contribution in [0.2, 0.25) is 0 Å². The van der Waals surface area contributed by atoms with Crippen molar-refractivity contribution in [3.63, 3.8) is 0 Å². The standard InChI is InChI=1S/C15H22N2O2/c18-11-4-5-14-12-7-10(8-16(14)9-11)13-3-1-2-6-17(13)15(12)19/h10,12-14H,1-9H2. The molecule has 104 valence electrons. The molecule has 0 radical (unpaired) electrons. The zero-order valence-corrected chi connectivity index (χ0v) is 11.4. The Hall–Kier alpha value is -0.900. The minimum Gasteiger partial charge on any atom is -0.339 e. The summed E-state index contributed by atoms with van der Waals surface area (Å²) in [6.07, 6.45) is 6.27. The van der Waals surface area contributed by atoms with Crippen molar-refractivity contribution in [1.29, 1.82) is 0 Å². The van der Waals surface area contributed by atoms with Gasteiger partial charge in [-0.2, -0.15) is 0 Å². The smallest absolute Gasteiger partial charge is 0.227 e. The van der Waals surface area contributed by atoms with Crippen LogP contribution in [0.25, 0.3) is 0 Å². The largest absolute Gasteiger partial charge is 0.339 e. The van der Waals surface area contributed by atoms with Crippen LogP contribution in [-0.2, 0) is 9.59 Å². The van der Waals surface area contributed by atoms with Gasteiger partial charge < -0.3 is 4.90 Å². The van der Waals surface area contributed by atoms with Crippen LogP contribution in [0.15, 0.2) is 0 Å². The molecular weight excluding hydrogens is 240 g/mol. The quantitative estimate of drug-likeness (QED) is 0.655. The number of hydrogen-bond acceptors (Lipinski definition) is 3. The van der Waals surface area contributed by atoms with E-state index in [1.165, 1.54) is 19.3 Å². The number of amides is 1. The molecule has 0 spiro atoms. The van der Waals surface area contributed by atoms with Gasteiger partial charge in [-0.3, -0.25) is 14.5 Å². The van der Waals surface area contributed by atoms with Gasteiger partial charge in [0.2, 0.25) is 5.91 Å². The highest BCUT2D eigenvalue weighted by Gasteiger charge is 2.51. The molecule has 4 aliphatic rings. The summed E-state index contributed by atoms with van der Waals surface area (Å²) in [6.45, 7) is 2.61. The lowest BCUT2D eigenvalue weighted by molar-refractivity contribution is -0.160. The summed E-state index contributed by atoms with van der Waals surface area (Å²) in [6, 6.07) is 0.819. The summed E-state index contributed by atoms with van der Waals surface area (Å²) in [5.41, 5.74) is 0. The lowest BCUT2D eigenvalue weighted by atomic mass is 9.70. The van der Waals surface area contributed by atoms with E-state index in [4.69, 9.17) is 0 Å². The lowest BCUT2D eigenvalue weighted by Gasteiger charge is -2.56. The molecule has 4 unspecified atom stereocenters. The fraction of sp³-hybridized carbons (Fsp3) is 0.867. The zero-order valence-electron chi connectivity index (χ0n) is 11.4. The molecule has 4 heterocycles. The molecule has 4 aliphatic heterocycles. The van der Waals surface area contributed by atoms with Gasteiger partial charge in [0.1, 0.15) is 5.78 Å². The summed E-state index contributed by atoms with van der Waals surface area (Å²) < 4.78 is 0. The minimum atomic E-state index is 0.182. The van der Waals surface area contributed by atoms with Crippen LogP contribution in [0.1, 0.15) is 38.5 Å². The van der Waals surface area contributed by atoms with Crippen LogP contribution in [0.4, 0.5) is 0 Å². The predicted molar refractivity (Wildman–Crippen MR) is 70.6 cm³/mol. The number of fused-ring (bicyclic) bond motifs is 6. The Morgan fingerprint density at radius 1 is 1.05 bits per heavy atom. The van der Waals surface area contributed by atoms with E-state index in [9.17, 15) is 9.59 Å². The Morgan fingerprint density at radius 2 is 1.95 bits per heavy atom. The molecule has 19 heavy (non-hydrogen) atoms. The van der Waals surface area contributed by atoms with Crippen LogP contribution in [0.5, 0.6) is 0 Å². The van der Waals surface area contributed by atoms with E-state index in [1.54, 1.807) is 0 Å². The summed E-state index contributed by atoms with van der Waals surface area (Å²) in [5.74, 6) is 1.56. The number of ketones is 1. The molecule has 0 aromatic heterocycles. The van der Waals surface area contributed by atoms with Crippen molar-refractivity contribution in [2.75, 3.05) is 19.6 Å². The second-order valence-corrected chi connectivity index (χ2v) is 6.77. The van der Waals surface area contributed by atoms with Gasteiger partial charge in [0.15, 0.2) is 0 Å². The molecular formula is C15H22N2O2. The number of carbonyl (C=O) groups excluding carboxylic acids is 2. The molecule has 0 aromatic carbocycles. The predicted octanol–water partition coefficient (Wildman–Crippen LogP) is 1.05. The number of hydrogen-bond donors (Lipinski definition) is 0. The third kappa shape index (κ3) is 1.76. The Kier molecular flexibility index (Phi) is 2.69. The molecule has 0 aromatic rings. The molecule has 2 bridgehead atoms. The average molecular weight is 262 g/mol. The zero-order chi connectivity index (χ0) is 13.0. The molecule has 0 saturated carbocycles. The molecule has 0 aliphatic carbocycles. The van der Waals surface area contributed by atoms with Gasteiger partial charge in [-0.25, -0.2) is 0 Å². The summed E-state index contributed by atoms with van der Waals surface area (Å²) >= 11 is 0. The van der Waals surface area contributed by atoms with E-state index in [-0.39, 0.29) is 5.92 Å². The molecule has 4 saturated heterocycles. The molecule has 4 heteroatoms. The first kappa shape index (κ1) is 11.9. The highest BCUT2D eigenvalue weighted by molar-refractivity contribution is 5.84. The van der Waals surface area contributed by atoms with Gasteiger partial charge in [0, 0.05) is 31.6 Å². The molecule has 4 atom stereocenters. The topological polar surface area (TPSA) is 40.6 Å². The van der Waals surface area contributed by atoms with Crippen molar-refractivity contribution in [2.24, 2.45) is 11.8 Å². The number of rotatable bonds is 0. The molecule has 1 amide bonds. The van der Waals surface area contributed by atoms with E-state index in [0.717, 1.165) is 25.9 Å².